The maximum Gasteiger partial charge on any atom is 0.168 e. The van der Waals surface area contributed by atoms with Crippen LogP contribution in [0, 0.1) is 5.92 Å². The summed E-state index contributed by atoms with van der Waals surface area (Å²) in [6.07, 6.45) is 3.96. The molecule has 26 heavy (non-hydrogen) atoms. The van der Waals surface area contributed by atoms with Gasteiger partial charge in [0.25, 0.3) is 0 Å². The fourth-order valence-electron chi connectivity index (χ4n) is 3.57. The molecule has 2 aromatic carbocycles. The lowest BCUT2D eigenvalue weighted by Crippen LogP contribution is -2.38. The molecule has 4 nitrogen and oxygen atoms in total. The monoisotopic (exact) mass is 371 g/mol. The lowest BCUT2D eigenvalue weighted by atomic mass is 9.89. The molecular formula is C21H25NO3S. The highest BCUT2D eigenvalue weighted by Gasteiger charge is 2.27. The molecule has 0 spiro atoms. The third-order valence-electron chi connectivity index (χ3n) is 4.90. The van der Waals surface area contributed by atoms with Gasteiger partial charge >= 0.3 is 0 Å². The van der Waals surface area contributed by atoms with Crippen LogP contribution >= 0.6 is 11.8 Å². The zero-order chi connectivity index (χ0) is 18.5. The van der Waals surface area contributed by atoms with Crippen molar-refractivity contribution in [1.82, 2.24) is 4.90 Å². The normalized spacial score (nSPS) is 17.8. The van der Waals surface area contributed by atoms with E-state index in [4.69, 9.17) is 4.74 Å². The summed E-state index contributed by atoms with van der Waals surface area (Å²) in [5.74, 6) is 0.916. The molecule has 3 rings (SSSR count). The number of phenolic OH excluding ortho intramolecular Hbond substituents is 1. The number of aromatic hydroxyl groups is 1. The second kappa shape index (κ2) is 8.60. The molecule has 0 amide bonds. The van der Waals surface area contributed by atoms with E-state index in [0.29, 0.717) is 5.75 Å². The number of carbonyl (C=O) groups excluding carboxylic acids is 1. The Kier molecular flexibility index (Phi) is 6.22. The number of piperidine rings is 1. The number of hydrogen-bond acceptors (Lipinski definition) is 5. The molecule has 0 saturated carbocycles. The van der Waals surface area contributed by atoms with Crippen LogP contribution in [0.2, 0.25) is 0 Å². The summed E-state index contributed by atoms with van der Waals surface area (Å²) in [6, 6.07) is 13.4. The maximum absolute atomic E-state index is 13.0. The summed E-state index contributed by atoms with van der Waals surface area (Å²) in [5, 5.41) is 9.97. The topological polar surface area (TPSA) is 49.8 Å². The minimum Gasteiger partial charge on any atom is -0.504 e. The summed E-state index contributed by atoms with van der Waals surface area (Å²) in [6.45, 7) is 2.46. The molecule has 5 heteroatoms. The number of benzene rings is 2. The van der Waals surface area contributed by atoms with Crippen molar-refractivity contribution in [3.05, 3.63) is 53.6 Å². The second-order valence-corrected chi connectivity index (χ2v) is 7.49. The maximum atomic E-state index is 13.0. The minimum atomic E-state index is 0.0314. The van der Waals surface area contributed by atoms with Crippen LogP contribution in [0.25, 0.3) is 0 Å². The van der Waals surface area contributed by atoms with E-state index < -0.39 is 0 Å². The first-order valence-corrected chi connectivity index (χ1v) is 10.1. The molecule has 1 aliphatic rings. The van der Waals surface area contributed by atoms with E-state index in [2.05, 4.69) is 4.90 Å². The first-order chi connectivity index (χ1) is 12.6. The minimum absolute atomic E-state index is 0.0314. The molecule has 0 aliphatic carbocycles. The van der Waals surface area contributed by atoms with Gasteiger partial charge in [-0.3, -0.25) is 9.69 Å². The van der Waals surface area contributed by atoms with Gasteiger partial charge in [0.15, 0.2) is 17.3 Å². The summed E-state index contributed by atoms with van der Waals surface area (Å²) in [7, 11) is 1.54. The van der Waals surface area contributed by atoms with Crippen LogP contribution in [0.15, 0.2) is 47.4 Å². The molecule has 1 saturated heterocycles. The van der Waals surface area contributed by atoms with Crippen molar-refractivity contribution in [2.45, 2.75) is 24.3 Å². The third-order valence-corrected chi connectivity index (χ3v) is 5.69. The number of ketones is 1. The van der Waals surface area contributed by atoms with Gasteiger partial charge < -0.3 is 9.84 Å². The zero-order valence-corrected chi connectivity index (χ0v) is 16.1. The number of Topliss-reactive ketones (excluding diaryl/α,β-unsaturated/α-hetero) is 1. The SMILES string of the molecule is COc1ccc(CN2CCC[C@H](C(=O)c3ccccc3SC)C2)cc1O. The zero-order valence-electron chi connectivity index (χ0n) is 15.3. The molecular weight excluding hydrogens is 346 g/mol. The number of nitrogens with zero attached hydrogens (tertiary/aromatic N) is 1. The van der Waals surface area contributed by atoms with Crippen molar-refractivity contribution >= 4 is 17.5 Å². The highest BCUT2D eigenvalue weighted by atomic mass is 32.2. The van der Waals surface area contributed by atoms with E-state index in [1.54, 1.807) is 31.0 Å². The van der Waals surface area contributed by atoms with Gasteiger partial charge in [-0.1, -0.05) is 24.3 Å². The predicted molar refractivity (Wildman–Crippen MR) is 105 cm³/mol. The van der Waals surface area contributed by atoms with Crippen molar-refractivity contribution in [1.29, 1.82) is 0 Å². The fourth-order valence-corrected chi connectivity index (χ4v) is 4.18. The van der Waals surface area contributed by atoms with Crippen LogP contribution < -0.4 is 4.74 Å². The molecule has 0 unspecified atom stereocenters. The van der Waals surface area contributed by atoms with E-state index in [-0.39, 0.29) is 17.5 Å². The molecule has 0 aromatic heterocycles. The number of ether oxygens (including phenoxy) is 1. The first-order valence-electron chi connectivity index (χ1n) is 8.88. The van der Waals surface area contributed by atoms with Crippen LogP contribution in [0.5, 0.6) is 11.5 Å². The average molecular weight is 372 g/mol. The van der Waals surface area contributed by atoms with Crippen LogP contribution in [-0.2, 0) is 6.54 Å². The summed E-state index contributed by atoms with van der Waals surface area (Å²) in [4.78, 5) is 16.4. The Morgan fingerprint density at radius 3 is 2.85 bits per heavy atom. The molecule has 1 aliphatic heterocycles. The van der Waals surface area contributed by atoms with E-state index in [0.717, 1.165) is 48.5 Å². The smallest absolute Gasteiger partial charge is 0.168 e. The Labute approximate surface area is 159 Å². The molecule has 138 valence electrons. The van der Waals surface area contributed by atoms with Crippen molar-refractivity contribution < 1.29 is 14.6 Å². The van der Waals surface area contributed by atoms with Crippen molar-refractivity contribution in [2.24, 2.45) is 5.92 Å². The van der Waals surface area contributed by atoms with Crippen molar-refractivity contribution in [3.8, 4) is 11.5 Å². The van der Waals surface area contributed by atoms with Gasteiger partial charge in [0, 0.05) is 29.5 Å². The molecule has 1 atom stereocenters. The largest absolute Gasteiger partial charge is 0.504 e. The molecule has 0 bridgehead atoms. The molecule has 1 N–H and O–H groups in total. The van der Waals surface area contributed by atoms with Gasteiger partial charge in [0.2, 0.25) is 0 Å². The van der Waals surface area contributed by atoms with Crippen LogP contribution in [0.4, 0.5) is 0 Å². The molecule has 2 aromatic rings. The average Bonchev–Trinajstić information content (AvgIpc) is 2.68. The van der Waals surface area contributed by atoms with E-state index >= 15 is 0 Å². The number of thioether (sulfide) groups is 1. The van der Waals surface area contributed by atoms with Crippen molar-refractivity contribution in [2.75, 3.05) is 26.5 Å². The third kappa shape index (κ3) is 4.22. The fraction of sp³-hybridized carbons (Fsp3) is 0.381. The van der Waals surface area contributed by atoms with Crippen molar-refractivity contribution in [3.63, 3.8) is 0 Å². The first kappa shape index (κ1) is 18.8. The standard InChI is InChI=1S/C21H25NO3S/c1-25-19-10-9-15(12-18(19)23)13-22-11-5-6-16(14-22)21(24)17-7-3-4-8-20(17)26-2/h3-4,7-10,12,16,23H,5-6,11,13-14H2,1-2H3/t16-/m0/s1. The number of likely N-dealkylation sites (tertiary alicyclic amines) is 1. The van der Waals surface area contributed by atoms with Crippen LogP contribution in [0.1, 0.15) is 28.8 Å². The number of rotatable bonds is 6. The number of phenols is 1. The van der Waals surface area contributed by atoms with Gasteiger partial charge in [0.05, 0.1) is 7.11 Å². The van der Waals surface area contributed by atoms with Gasteiger partial charge in [-0.15, -0.1) is 11.8 Å². The van der Waals surface area contributed by atoms with Gasteiger partial charge in [-0.05, 0) is 49.4 Å². The van der Waals surface area contributed by atoms with E-state index in [1.807, 2.05) is 36.6 Å². The Balaban J connectivity index is 1.69. The highest BCUT2D eigenvalue weighted by molar-refractivity contribution is 7.98. The van der Waals surface area contributed by atoms with Gasteiger partial charge in [-0.25, -0.2) is 0 Å². The van der Waals surface area contributed by atoms with E-state index in [9.17, 15) is 9.90 Å². The Hall–Kier alpha value is -1.98. The summed E-state index contributed by atoms with van der Waals surface area (Å²) < 4.78 is 5.10. The van der Waals surface area contributed by atoms with E-state index in [1.165, 1.54) is 0 Å². The Morgan fingerprint density at radius 1 is 1.31 bits per heavy atom. The lowest BCUT2D eigenvalue weighted by Gasteiger charge is -2.32. The number of carbonyl (C=O) groups is 1. The molecule has 1 heterocycles. The molecule has 1 fully saturated rings. The van der Waals surface area contributed by atoms with Crippen LogP contribution in [-0.4, -0.2) is 42.2 Å². The number of hydrogen-bond donors (Lipinski definition) is 1. The van der Waals surface area contributed by atoms with Gasteiger partial charge in [0.1, 0.15) is 0 Å². The van der Waals surface area contributed by atoms with Crippen LogP contribution in [0.3, 0.4) is 0 Å². The Morgan fingerprint density at radius 2 is 2.12 bits per heavy atom. The lowest BCUT2D eigenvalue weighted by molar-refractivity contribution is 0.0808. The molecule has 0 radical (unpaired) electrons. The predicted octanol–water partition coefficient (Wildman–Crippen LogP) is 4.22. The summed E-state index contributed by atoms with van der Waals surface area (Å²) in [5.41, 5.74) is 1.87. The van der Waals surface area contributed by atoms with Gasteiger partial charge in [-0.2, -0.15) is 0 Å². The quantitative estimate of drug-likeness (QED) is 0.609. The second-order valence-electron chi connectivity index (χ2n) is 6.65. The highest BCUT2D eigenvalue weighted by Crippen LogP contribution is 2.29. The number of methoxy groups -OCH3 is 1. The summed E-state index contributed by atoms with van der Waals surface area (Å²) >= 11 is 1.62. The Bertz CT molecular complexity index is 778.